The molecule has 1 unspecified atom stereocenters. The minimum Gasteiger partial charge on any atom is -0.373 e. The predicted molar refractivity (Wildman–Crippen MR) is 75.7 cm³/mol. The van der Waals surface area contributed by atoms with Crippen molar-refractivity contribution in [3.63, 3.8) is 0 Å². The van der Waals surface area contributed by atoms with Crippen LogP contribution in [0, 0.1) is 5.92 Å². The van der Waals surface area contributed by atoms with Gasteiger partial charge in [0.1, 0.15) is 5.82 Å². The second-order valence-electron chi connectivity index (χ2n) is 5.41. The van der Waals surface area contributed by atoms with E-state index in [9.17, 15) is 0 Å². The molecule has 1 aromatic heterocycles. The van der Waals surface area contributed by atoms with Crippen LogP contribution in [0.1, 0.15) is 12.0 Å². The van der Waals surface area contributed by atoms with Crippen molar-refractivity contribution in [1.82, 2.24) is 14.8 Å². The first-order chi connectivity index (χ1) is 8.67. The predicted octanol–water partition coefficient (Wildman–Crippen LogP) is 1.51. The molecule has 1 aliphatic heterocycles. The van der Waals surface area contributed by atoms with E-state index in [1.165, 1.54) is 31.6 Å². The molecule has 4 nitrogen and oxygen atoms in total. The number of aromatic nitrogens is 1. The number of hydrogen-bond donors (Lipinski definition) is 1. The van der Waals surface area contributed by atoms with Gasteiger partial charge in [-0.3, -0.25) is 0 Å². The van der Waals surface area contributed by atoms with Crippen LogP contribution < -0.4 is 5.32 Å². The van der Waals surface area contributed by atoms with E-state index in [0.717, 1.165) is 18.3 Å². The largest absolute Gasteiger partial charge is 0.373 e. The number of likely N-dealkylation sites (tertiary alicyclic amines) is 1. The lowest BCUT2D eigenvalue weighted by Crippen LogP contribution is -2.27. The molecule has 18 heavy (non-hydrogen) atoms. The van der Waals surface area contributed by atoms with Crippen molar-refractivity contribution in [3.05, 3.63) is 23.9 Å². The lowest BCUT2D eigenvalue weighted by molar-refractivity contribution is 0.267. The second kappa shape index (κ2) is 6.16. The van der Waals surface area contributed by atoms with E-state index in [1.54, 1.807) is 0 Å². The Bertz CT molecular complexity index is 380. The molecule has 0 radical (unpaired) electrons. The highest BCUT2D eigenvalue weighted by atomic mass is 15.1. The fraction of sp³-hybridized carbons (Fsp3) is 0.643. The lowest BCUT2D eigenvalue weighted by Gasteiger charge is -2.21. The summed E-state index contributed by atoms with van der Waals surface area (Å²) >= 11 is 0. The van der Waals surface area contributed by atoms with Crippen molar-refractivity contribution in [2.24, 2.45) is 5.92 Å². The molecule has 100 valence electrons. The summed E-state index contributed by atoms with van der Waals surface area (Å²) in [5.41, 5.74) is 1.32. The van der Waals surface area contributed by atoms with Crippen LogP contribution in [0.4, 0.5) is 5.82 Å². The van der Waals surface area contributed by atoms with Gasteiger partial charge < -0.3 is 15.1 Å². The second-order valence-corrected chi connectivity index (χ2v) is 5.41. The maximum atomic E-state index is 4.24. The number of nitrogens with one attached hydrogen (secondary N) is 1. The standard InChI is InChI=1S/C14H24N4/c1-15-14-8-12(4-6-16-14)9-18(3)11-13-5-7-17(2)10-13/h4,6,8,13H,5,7,9-11H2,1-3H3,(H,15,16). The highest BCUT2D eigenvalue weighted by molar-refractivity contribution is 5.36. The Labute approximate surface area is 110 Å². The summed E-state index contributed by atoms with van der Waals surface area (Å²) in [6.45, 7) is 4.67. The van der Waals surface area contributed by atoms with Gasteiger partial charge in [0.15, 0.2) is 0 Å². The average molecular weight is 248 g/mol. The van der Waals surface area contributed by atoms with Crippen LogP contribution in [-0.4, -0.2) is 55.6 Å². The van der Waals surface area contributed by atoms with Crippen LogP contribution in [0.2, 0.25) is 0 Å². The maximum absolute atomic E-state index is 4.24. The Kier molecular flexibility index (Phi) is 4.55. The number of rotatable bonds is 5. The molecule has 0 saturated carbocycles. The smallest absolute Gasteiger partial charge is 0.125 e. The maximum Gasteiger partial charge on any atom is 0.125 e. The minimum absolute atomic E-state index is 0.825. The molecule has 0 aromatic carbocycles. The van der Waals surface area contributed by atoms with Crippen LogP contribution in [0.5, 0.6) is 0 Å². The quantitative estimate of drug-likeness (QED) is 0.856. The monoisotopic (exact) mass is 248 g/mol. The molecule has 1 N–H and O–H groups in total. The number of hydrogen-bond acceptors (Lipinski definition) is 4. The lowest BCUT2D eigenvalue weighted by atomic mass is 10.1. The first kappa shape index (κ1) is 13.3. The Morgan fingerprint density at radius 2 is 2.39 bits per heavy atom. The summed E-state index contributed by atoms with van der Waals surface area (Å²) in [6.07, 6.45) is 3.21. The first-order valence-electron chi connectivity index (χ1n) is 6.67. The van der Waals surface area contributed by atoms with Crippen LogP contribution in [-0.2, 0) is 6.54 Å². The van der Waals surface area contributed by atoms with Crippen LogP contribution in [0.3, 0.4) is 0 Å². The highest BCUT2D eigenvalue weighted by Crippen LogP contribution is 2.16. The van der Waals surface area contributed by atoms with E-state index in [1.807, 2.05) is 13.2 Å². The van der Waals surface area contributed by atoms with Gasteiger partial charge >= 0.3 is 0 Å². The molecular formula is C14H24N4. The number of anilines is 1. The van der Waals surface area contributed by atoms with Crippen molar-refractivity contribution >= 4 is 5.82 Å². The van der Waals surface area contributed by atoms with E-state index in [-0.39, 0.29) is 0 Å². The van der Waals surface area contributed by atoms with Gasteiger partial charge in [0, 0.05) is 32.9 Å². The fourth-order valence-electron chi connectivity index (χ4n) is 2.70. The Balaban J connectivity index is 1.84. The van der Waals surface area contributed by atoms with Crippen molar-refractivity contribution in [1.29, 1.82) is 0 Å². The number of pyridine rings is 1. The van der Waals surface area contributed by atoms with Crippen LogP contribution in [0.15, 0.2) is 18.3 Å². The van der Waals surface area contributed by atoms with Crippen LogP contribution >= 0.6 is 0 Å². The third kappa shape index (κ3) is 3.68. The Morgan fingerprint density at radius 1 is 1.56 bits per heavy atom. The zero-order valence-electron chi connectivity index (χ0n) is 11.7. The van der Waals surface area contributed by atoms with Gasteiger partial charge in [-0.1, -0.05) is 0 Å². The summed E-state index contributed by atoms with van der Waals surface area (Å²) in [5, 5.41) is 3.08. The first-order valence-corrected chi connectivity index (χ1v) is 6.67. The third-order valence-corrected chi connectivity index (χ3v) is 3.59. The zero-order chi connectivity index (χ0) is 13.0. The fourth-order valence-corrected chi connectivity index (χ4v) is 2.70. The van der Waals surface area contributed by atoms with Gasteiger partial charge in [-0.15, -0.1) is 0 Å². The van der Waals surface area contributed by atoms with E-state index in [2.05, 4.69) is 46.3 Å². The Hall–Kier alpha value is -1.13. The summed E-state index contributed by atoms with van der Waals surface area (Å²) < 4.78 is 0. The van der Waals surface area contributed by atoms with Crippen molar-refractivity contribution in [3.8, 4) is 0 Å². The summed E-state index contributed by atoms with van der Waals surface area (Å²) in [5.74, 6) is 1.77. The SMILES string of the molecule is CNc1cc(CN(C)CC2CCN(C)C2)ccn1. The molecule has 1 saturated heterocycles. The molecular weight excluding hydrogens is 224 g/mol. The molecule has 1 aromatic rings. The Morgan fingerprint density at radius 3 is 3.06 bits per heavy atom. The zero-order valence-corrected chi connectivity index (χ0v) is 11.7. The minimum atomic E-state index is 0.825. The normalized spacial score (nSPS) is 20.6. The molecule has 0 amide bonds. The van der Waals surface area contributed by atoms with E-state index >= 15 is 0 Å². The van der Waals surface area contributed by atoms with E-state index in [0.29, 0.717) is 0 Å². The molecule has 2 rings (SSSR count). The summed E-state index contributed by atoms with van der Waals surface area (Å²) in [4.78, 5) is 9.08. The van der Waals surface area contributed by atoms with Gasteiger partial charge in [0.2, 0.25) is 0 Å². The molecule has 2 heterocycles. The van der Waals surface area contributed by atoms with Crippen molar-refractivity contribution < 1.29 is 0 Å². The topological polar surface area (TPSA) is 31.4 Å². The molecule has 0 aliphatic carbocycles. The third-order valence-electron chi connectivity index (χ3n) is 3.59. The van der Waals surface area contributed by atoms with Crippen molar-refractivity contribution in [2.45, 2.75) is 13.0 Å². The average Bonchev–Trinajstić information content (AvgIpc) is 2.74. The van der Waals surface area contributed by atoms with E-state index < -0.39 is 0 Å². The molecule has 1 atom stereocenters. The molecule has 0 bridgehead atoms. The van der Waals surface area contributed by atoms with Gasteiger partial charge in [-0.25, -0.2) is 4.98 Å². The van der Waals surface area contributed by atoms with Crippen molar-refractivity contribution in [2.75, 3.05) is 46.1 Å². The van der Waals surface area contributed by atoms with Gasteiger partial charge in [0.05, 0.1) is 0 Å². The number of nitrogens with zero attached hydrogens (tertiary/aromatic N) is 3. The molecule has 1 aliphatic rings. The summed E-state index contributed by atoms with van der Waals surface area (Å²) in [6, 6.07) is 4.22. The van der Waals surface area contributed by atoms with Gasteiger partial charge in [0.25, 0.3) is 0 Å². The van der Waals surface area contributed by atoms with Gasteiger partial charge in [-0.2, -0.15) is 0 Å². The summed E-state index contributed by atoms with van der Waals surface area (Å²) in [7, 11) is 6.32. The van der Waals surface area contributed by atoms with E-state index in [4.69, 9.17) is 0 Å². The highest BCUT2D eigenvalue weighted by Gasteiger charge is 2.20. The molecule has 4 heteroatoms. The molecule has 1 fully saturated rings. The molecule has 0 spiro atoms. The van der Waals surface area contributed by atoms with Gasteiger partial charge in [-0.05, 0) is 50.7 Å². The van der Waals surface area contributed by atoms with Crippen LogP contribution in [0.25, 0.3) is 0 Å².